The number of para-hydroxylation sites is 1. The lowest BCUT2D eigenvalue weighted by atomic mass is 9.81. The van der Waals surface area contributed by atoms with Gasteiger partial charge in [-0.15, -0.1) is 0 Å². The van der Waals surface area contributed by atoms with E-state index in [-0.39, 0.29) is 17.7 Å². The molecule has 1 fully saturated rings. The molecule has 3 N–H and O–H groups in total. The van der Waals surface area contributed by atoms with Gasteiger partial charge in [-0.25, -0.2) is 5.43 Å². The number of allylic oxidation sites excluding steroid dienone is 4. The number of nitrogens with one attached hydrogen (secondary N) is 2. The minimum atomic E-state index is 0.146. The molecule has 3 unspecified atom stereocenters. The maximum absolute atomic E-state index is 13.4. The molecular formula is C24H31N3O2. The Labute approximate surface area is 173 Å². The molecule has 3 aliphatic rings. The van der Waals surface area contributed by atoms with Gasteiger partial charge in [-0.1, -0.05) is 37.6 Å². The highest BCUT2D eigenvalue weighted by atomic mass is 16.3. The highest BCUT2D eigenvalue weighted by molar-refractivity contribution is 5.79. The molecule has 1 aliphatic heterocycles. The van der Waals surface area contributed by atoms with Gasteiger partial charge in [0.05, 0.1) is 0 Å². The second kappa shape index (κ2) is 8.46. The SMILES string of the molecule is CCCC(C)N(C(=O)CCc1ccccc1O)C1=CC=C2C=C3NNCC3CC21. The van der Waals surface area contributed by atoms with Crippen molar-refractivity contribution in [3.8, 4) is 5.75 Å². The molecule has 0 aromatic heterocycles. The largest absolute Gasteiger partial charge is 0.508 e. The Kier molecular flexibility index (Phi) is 5.76. The van der Waals surface area contributed by atoms with Crippen LogP contribution in [0.5, 0.6) is 5.75 Å². The van der Waals surface area contributed by atoms with Crippen LogP contribution < -0.4 is 10.9 Å². The number of phenolic OH excluding ortho intramolecular Hbond substituents is 1. The Morgan fingerprint density at radius 1 is 1.31 bits per heavy atom. The molecule has 1 aromatic carbocycles. The van der Waals surface area contributed by atoms with Crippen molar-refractivity contribution >= 4 is 5.91 Å². The number of hydrazine groups is 1. The van der Waals surface area contributed by atoms with Crippen LogP contribution in [0.2, 0.25) is 0 Å². The van der Waals surface area contributed by atoms with Crippen LogP contribution in [-0.4, -0.2) is 28.5 Å². The number of hydrogen-bond donors (Lipinski definition) is 3. The summed E-state index contributed by atoms with van der Waals surface area (Å²) < 4.78 is 0. The molecule has 1 aromatic rings. The number of hydrogen-bond acceptors (Lipinski definition) is 4. The quantitative estimate of drug-likeness (QED) is 0.659. The monoisotopic (exact) mass is 393 g/mol. The van der Waals surface area contributed by atoms with Gasteiger partial charge in [0, 0.05) is 42.2 Å². The third kappa shape index (κ3) is 3.97. The number of phenols is 1. The van der Waals surface area contributed by atoms with Crippen LogP contribution in [0.25, 0.3) is 0 Å². The van der Waals surface area contributed by atoms with E-state index in [0.29, 0.717) is 24.7 Å². The lowest BCUT2D eigenvalue weighted by Gasteiger charge is -2.36. The summed E-state index contributed by atoms with van der Waals surface area (Å²) in [4.78, 5) is 15.4. The van der Waals surface area contributed by atoms with Gasteiger partial charge in [0.1, 0.15) is 5.75 Å². The van der Waals surface area contributed by atoms with Crippen LogP contribution in [-0.2, 0) is 11.2 Å². The second-order valence-corrected chi connectivity index (χ2v) is 8.38. The highest BCUT2D eigenvalue weighted by Crippen LogP contribution is 2.42. The number of aryl methyl sites for hydroxylation is 1. The van der Waals surface area contributed by atoms with Crippen molar-refractivity contribution in [2.75, 3.05) is 6.54 Å². The molecule has 0 spiro atoms. The van der Waals surface area contributed by atoms with E-state index < -0.39 is 0 Å². The maximum Gasteiger partial charge on any atom is 0.227 e. The van der Waals surface area contributed by atoms with Crippen molar-refractivity contribution in [1.82, 2.24) is 15.8 Å². The second-order valence-electron chi connectivity index (χ2n) is 8.38. The molecule has 1 saturated heterocycles. The van der Waals surface area contributed by atoms with Gasteiger partial charge in [0.15, 0.2) is 0 Å². The van der Waals surface area contributed by atoms with Crippen molar-refractivity contribution in [1.29, 1.82) is 0 Å². The molecular weight excluding hydrogens is 362 g/mol. The average molecular weight is 394 g/mol. The molecule has 3 atom stereocenters. The van der Waals surface area contributed by atoms with Gasteiger partial charge >= 0.3 is 0 Å². The van der Waals surface area contributed by atoms with E-state index in [2.05, 4.69) is 42.9 Å². The molecule has 5 heteroatoms. The third-order valence-corrected chi connectivity index (χ3v) is 6.36. The Morgan fingerprint density at radius 3 is 2.93 bits per heavy atom. The van der Waals surface area contributed by atoms with Crippen LogP contribution in [0, 0.1) is 11.8 Å². The van der Waals surface area contributed by atoms with Crippen LogP contribution in [0.3, 0.4) is 0 Å². The van der Waals surface area contributed by atoms with E-state index in [0.717, 1.165) is 37.1 Å². The fraction of sp³-hybridized carbons (Fsp3) is 0.458. The zero-order chi connectivity index (χ0) is 20.4. The van der Waals surface area contributed by atoms with E-state index in [1.807, 2.05) is 23.1 Å². The smallest absolute Gasteiger partial charge is 0.227 e. The molecule has 2 aliphatic carbocycles. The van der Waals surface area contributed by atoms with E-state index in [9.17, 15) is 9.90 Å². The summed E-state index contributed by atoms with van der Waals surface area (Å²) in [5.41, 5.74) is 11.0. The summed E-state index contributed by atoms with van der Waals surface area (Å²) in [5.74, 6) is 1.19. The minimum Gasteiger partial charge on any atom is -0.508 e. The van der Waals surface area contributed by atoms with Crippen molar-refractivity contribution in [2.24, 2.45) is 11.8 Å². The van der Waals surface area contributed by atoms with Crippen molar-refractivity contribution in [2.45, 2.75) is 52.0 Å². The van der Waals surface area contributed by atoms with Gasteiger partial charge in [0.2, 0.25) is 5.91 Å². The first-order valence-corrected chi connectivity index (χ1v) is 10.8. The molecule has 4 rings (SSSR count). The molecule has 1 heterocycles. The topological polar surface area (TPSA) is 64.6 Å². The molecule has 154 valence electrons. The predicted molar refractivity (Wildman–Crippen MR) is 115 cm³/mol. The van der Waals surface area contributed by atoms with Gasteiger partial charge in [0.25, 0.3) is 0 Å². The first-order chi connectivity index (χ1) is 14.1. The maximum atomic E-state index is 13.4. The summed E-state index contributed by atoms with van der Waals surface area (Å²) in [7, 11) is 0. The van der Waals surface area contributed by atoms with Crippen LogP contribution in [0.4, 0.5) is 0 Å². The number of aromatic hydroxyl groups is 1. The summed E-state index contributed by atoms with van der Waals surface area (Å²) in [6.45, 7) is 5.26. The minimum absolute atomic E-state index is 0.146. The number of rotatable bonds is 7. The Hall–Kier alpha value is -2.53. The van der Waals surface area contributed by atoms with E-state index in [1.54, 1.807) is 6.07 Å². The third-order valence-electron chi connectivity index (χ3n) is 6.36. The van der Waals surface area contributed by atoms with Gasteiger partial charge in [-0.3, -0.25) is 4.79 Å². The Bertz CT molecular complexity index is 871. The van der Waals surface area contributed by atoms with Crippen LogP contribution in [0.15, 0.2) is 59.5 Å². The standard InChI is InChI=1S/C24H31N3O2/c1-3-6-16(2)27(24(29)12-10-17-7-4-5-8-23(17)28)22-11-9-18-14-21-19(13-20(18)22)15-25-26-21/h4-5,7-9,11,14,16,19-20,25-26,28H,3,6,10,12-13,15H2,1-2H3. The number of fused-ring (bicyclic) bond motifs is 2. The van der Waals surface area contributed by atoms with Gasteiger partial charge < -0.3 is 15.4 Å². The van der Waals surface area contributed by atoms with Gasteiger partial charge in [-0.2, -0.15) is 0 Å². The fourth-order valence-corrected chi connectivity index (χ4v) is 4.83. The summed E-state index contributed by atoms with van der Waals surface area (Å²) >= 11 is 0. The molecule has 0 radical (unpaired) electrons. The van der Waals surface area contributed by atoms with Crippen molar-refractivity contribution < 1.29 is 9.90 Å². The summed E-state index contributed by atoms with van der Waals surface area (Å²) in [6.07, 6.45) is 10.6. The molecule has 0 bridgehead atoms. The number of amides is 1. The molecule has 0 saturated carbocycles. The first-order valence-electron chi connectivity index (χ1n) is 10.8. The fourth-order valence-electron chi connectivity index (χ4n) is 4.83. The first kappa shape index (κ1) is 19.8. The van der Waals surface area contributed by atoms with Crippen LogP contribution in [0.1, 0.15) is 45.1 Å². The lowest BCUT2D eigenvalue weighted by Crippen LogP contribution is -2.40. The molecule has 29 heavy (non-hydrogen) atoms. The Balaban J connectivity index is 1.52. The van der Waals surface area contributed by atoms with E-state index in [1.165, 1.54) is 11.3 Å². The number of nitrogens with zero attached hydrogens (tertiary/aromatic N) is 1. The van der Waals surface area contributed by atoms with E-state index in [4.69, 9.17) is 0 Å². The number of benzene rings is 1. The van der Waals surface area contributed by atoms with Crippen molar-refractivity contribution in [3.05, 3.63) is 65.0 Å². The lowest BCUT2D eigenvalue weighted by molar-refractivity contribution is -0.131. The zero-order valence-electron chi connectivity index (χ0n) is 17.3. The number of carbonyl (C=O) groups excluding carboxylic acids is 1. The van der Waals surface area contributed by atoms with Crippen molar-refractivity contribution in [3.63, 3.8) is 0 Å². The molecule has 1 amide bonds. The molecule has 5 nitrogen and oxygen atoms in total. The summed E-state index contributed by atoms with van der Waals surface area (Å²) in [6, 6.07) is 7.46. The Morgan fingerprint density at radius 2 is 2.14 bits per heavy atom. The summed E-state index contributed by atoms with van der Waals surface area (Å²) in [5, 5.41) is 10.0. The van der Waals surface area contributed by atoms with Gasteiger partial charge in [-0.05, 0) is 55.5 Å². The average Bonchev–Trinajstić information content (AvgIpc) is 3.33. The predicted octanol–water partition coefficient (Wildman–Crippen LogP) is 3.79. The highest BCUT2D eigenvalue weighted by Gasteiger charge is 2.38. The normalized spacial score (nSPS) is 23.3. The van der Waals surface area contributed by atoms with Crippen LogP contribution >= 0.6 is 0 Å². The zero-order valence-corrected chi connectivity index (χ0v) is 17.3. The number of carbonyl (C=O) groups is 1. The van der Waals surface area contributed by atoms with E-state index >= 15 is 0 Å².